The average Bonchev–Trinajstić information content (AvgIpc) is 2.06. The first-order chi connectivity index (χ1) is 5.74. The molecule has 0 heterocycles. The van der Waals surface area contributed by atoms with Crippen LogP contribution in [0.1, 0.15) is 13.3 Å². The van der Waals surface area contributed by atoms with Crippen LogP contribution >= 0.6 is 0 Å². The molecule has 68 valence electrons. The lowest BCUT2D eigenvalue weighted by atomic mass is 10.4. The first-order valence-electron chi connectivity index (χ1n) is 3.60. The van der Waals surface area contributed by atoms with Crippen molar-refractivity contribution in [3.63, 3.8) is 0 Å². The van der Waals surface area contributed by atoms with E-state index in [2.05, 4.69) is 19.7 Å². The van der Waals surface area contributed by atoms with Crippen molar-refractivity contribution < 1.29 is 14.2 Å². The Morgan fingerprint density at radius 1 is 1.00 bits per heavy atom. The SMILES string of the molecule is C=COC(CC)(OC=C)OC=C. The molecule has 0 aromatic carbocycles. The first-order valence-corrected chi connectivity index (χ1v) is 3.60. The molecular weight excluding hydrogens is 156 g/mol. The zero-order chi connectivity index (χ0) is 9.45. The van der Waals surface area contributed by atoms with E-state index < -0.39 is 5.97 Å². The normalized spacial score (nSPS) is 9.75. The van der Waals surface area contributed by atoms with Crippen LogP contribution in [0.25, 0.3) is 0 Å². The van der Waals surface area contributed by atoms with E-state index in [0.29, 0.717) is 6.42 Å². The number of ether oxygens (including phenoxy) is 3. The highest BCUT2D eigenvalue weighted by Crippen LogP contribution is 2.20. The second kappa shape index (κ2) is 5.29. The van der Waals surface area contributed by atoms with Crippen molar-refractivity contribution in [1.29, 1.82) is 0 Å². The molecule has 0 aliphatic heterocycles. The van der Waals surface area contributed by atoms with Crippen LogP contribution in [0, 0.1) is 0 Å². The molecule has 0 radical (unpaired) electrons. The molecule has 0 saturated carbocycles. The van der Waals surface area contributed by atoms with Crippen LogP contribution in [0.2, 0.25) is 0 Å². The molecule has 0 N–H and O–H groups in total. The Morgan fingerprint density at radius 2 is 1.33 bits per heavy atom. The van der Waals surface area contributed by atoms with Crippen LogP contribution in [-0.4, -0.2) is 5.97 Å². The van der Waals surface area contributed by atoms with Gasteiger partial charge < -0.3 is 14.2 Å². The van der Waals surface area contributed by atoms with E-state index in [1.54, 1.807) is 0 Å². The smallest absolute Gasteiger partial charge is 0.415 e. The summed E-state index contributed by atoms with van der Waals surface area (Å²) in [5.74, 6) is -1.16. The number of hydrogen-bond donors (Lipinski definition) is 0. The highest BCUT2D eigenvalue weighted by molar-refractivity contribution is 4.68. The third kappa shape index (κ3) is 2.70. The zero-order valence-electron chi connectivity index (χ0n) is 7.29. The van der Waals surface area contributed by atoms with Crippen LogP contribution in [0.15, 0.2) is 38.5 Å². The van der Waals surface area contributed by atoms with E-state index in [4.69, 9.17) is 14.2 Å². The second-order valence-corrected chi connectivity index (χ2v) is 1.89. The van der Waals surface area contributed by atoms with Gasteiger partial charge in [0.05, 0.1) is 25.2 Å². The molecule has 0 rings (SSSR count). The Labute approximate surface area is 72.9 Å². The van der Waals surface area contributed by atoms with Crippen molar-refractivity contribution in [2.24, 2.45) is 0 Å². The average molecular weight is 170 g/mol. The Bertz CT molecular complexity index is 137. The topological polar surface area (TPSA) is 27.7 Å². The van der Waals surface area contributed by atoms with Crippen molar-refractivity contribution >= 4 is 0 Å². The van der Waals surface area contributed by atoms with Gasteiger partial charge in [0.2, 0.25) is 0 Å². The Morgan fingerprint density at radius 3 is 1.50 bits per heavy atom. The summed E-state index contributed by atoms with van der Waals surface area (Å²) in [6.45, 7) is 12.1. The molecular formula is C9H14O3. The maximum Gasteiger partial charge on any atom is 0.415 e. The van der Waals surface area contributed by atoms with Crippen molar-refractivity contribution in [3.8, 4) is 0 Å². The highest BCUT2D eigenvalue weighted by atomic mass is 16.9. The molecule has 0 unspecified atom stereocenters. The quantitative estimate of drug-likeness (QED) is 0.434. The van der Waals surface area contributed by atoms with Gasteiger partial charge in [-0.3, -0.25) is 0 Å². The van der Waals surface area contributed by atoms with Crippen molar-refractivity contribution in [1.82, 2.24) is 0 Å². The van der Waals surface area contributed by atoms with Crippen molar-refractivity contribution in [2.45, 2.75) is 19.3 Å². The van der Waals surface area contributed by atoms with Gasteiger partial charge in [0.15, 0.2) is 0 Å². The maximum absolute atomic E-state index is 5.04. The van der Waals surface area contributed by atoms with Gasteiger partial charge in [0, 0.05) is 0 Å². The third-order valence-corrected chi connectivity index (χ3v) is 1.22. The maximum atomic E-state index is 5.04. The molecule has 0 aliphatic rings. The van der Waals surface area contributed by atoms with Crippen LogP contribution in [-0.2, 0) is 14.2 Å². The minimum atomic E-state index is -1.16. The van der Waals surface area contributed by atoms with E-state index in [9.17, 15) is 0 Å². The van der Waals surface area contributed by atoms with Gasteiger partial charge in [-0.25, -0.2) is 0 Å². The van der Waals surface area contributed by atoms with Crippen LogP contribution in [0.5, 0.6) is 0 Å². The summed E-state index contributed by atoms with van der Waals surface area (Å²) in [7, 11) is 0. The van der Waals surface area contributed by atoms with Gasteiger partial charge >= 0.3 is 5.97 Å². The lowest BCUT2D eigenvalue weighted by molar-refractivity contribution is -0.318. The molecule has 3 heteroatoms. The van der Waals surface area contributed by atoms with Gasteiger partial charge in [-0.05, 0) is 0 Å². The Kier molecular flexibility index (Phi) is 4.69. The molecule has 0 aliphatic carbocycles. The lowest BCUT2D eigenvalue weighted by Crippen LogP contribution is -2.33. The van der Waals surface area contributed by atoms with E-state index in [0.717, 1.165) is 0 Å². The fraction of sp³-hybridized carbons (Fsp3) is 0.333. The molecule has 12 heavy (non-hydrogen) atoms. The van der Waals surface area contributed by atoms with E-state index >= 15 is 0 Å². The predicted molar refractivity (Wildman–Crippen MR) is 46.9 cm³/mol. The highest BCUT2D eigenvalue weighted by Gasteiger charge is 2.31. The Hall–Kier alpha value is -1.38. The fourth-order valence-electron chi connectivity index (χ4n) is 0.714. The summed E-state index contributed by atoms with van der Waals surface area (Å²) >= 11 is 0. The standard InChI is InChI=1S/C9H14O3/c1-5-9(10-6-2,11-7-3)12-8-4/h6-8H,2-5H2,1H3. The van der Waals surface area contributed by atoms with E-state index in [-0.39, 0.29) is 0 Å². The van der Waals surface area contributed by atoms with Gasteiger partial charge in [-0.2, -0.15) is 0 Å². The minimum absolute atomic E-state index is 0.497. The zero-order valence-corrected chi connectivity index (χ0v) is 7.29. The summed E-state index contributed by atoms with van der Waals surface area (Å²) < 4.78 is 15.1. The van der Waals surface area contributed by atoms with Crippen molar-refractivity contribution in [3.05, 3.63) is 38.5 Å². The minimum Gasteiger partial charge on any atom is -0.429 e. The number of rotatable bonds is 7. The molecule has 0 bridgehead atoms. The molecule has 0 amide bonds. The second-order valence-electron chi connectivity index (χ2n) is 1.89. The van der Waals surface area contributed by atoms with Gasteiger partial charge in [0.1, 0.15) is 0 Å². The summed E-state index contributed by atoms with van der Waals surface area (Å²) in [4.78, 5) is 0. The fourth-order valence-corrected chi connectivity index (χ4v) is 0.714. The summed E-state index contributed by atoms with van der Waals surface area (Å²) in [6, 6.07) is 0. The van der Waals surface area contributed by atoms with E-state index in [1.165, 1.54) is 18.8 Å². The van der Waals surface area contributed by atoms with Gasteiger partial charge in [-0.15, -0.1) is 0 Å². The number of hydrogen-bond acceptors (Lipinski definition) is 3. The molecule has 0 fully saturated rings. The van der Waals surface area contributed by atoms with Crippen LogP contribution < -0.4 is 0 Å². The van der Waals surface area contributed by atoms with Gasteiger partial charge in [0.25, 0.3) is 0 Å². The summed E-state index contributed by atoms with van der Waals surface area (Å²) in [5, 5.41) is 0. The molecule has 0 saturated heterocycles. The van der Waals surface area contributed by atoms with Crippen LogP contribution in [0.4, 0.5) is 0 Å². The van der Waals surface area contributed by atoms with E-state index in [1.807, 2.05) is 6.92 Å². The molecule has 3 nitrogen and oxygen atoms in total. The lowest BCUT2D eigenvalue weighted by Gasteiger charge is -2.28. The monoisotopic (exact) mass is 170 g/mol. The molecule has 0 atom stereocenters. The predicted octanol–water partition coefficient (Wildman–Crippen LogP) is 2.53. The largest absolute Gasteiger partial charge is 0.429 e. The molecule has 0 aromatic heterocycles. The molecule has 0 spiro atoms. The van der Waals surface area contributed by atoms with Crippen molar-refractivity contribution in [2.75, 3.05) is 0 Å². The van der Waals surface area contributed by atoms with Crippen LogP contribution in [0.3, 0.4) is 0 Å². The molecule has 0 aromatic rings. The third-order valence-electron chi connectivity index (χ3n) is 1.22. The first kappa shape index (κ1) is 10.6. The van der Waals surface area contributed by atoms with Gasteiger partial charge in [-0.1, -0.05) is 26.7 Å². The summed E-state index contributed by atoms with van der Waals surface area (Å²) in [6.07, 6.45) is 4.24. The Balaban J connectivity index is 4.35. The summed E-state index contributed by atoms with van der Waals surface area (Å²) in [5.41, 5.74) is 0.